The first kappa shape index (κ1) is 11.1. The maximum atomic E-state index is 11.5. The van der Waals surface area contributed by atoms with E-state index >= 15 is 0 Å². The molecular weight excluding hydrogens is 282 g/mol. The number of anilines is 1. The van der Waals surface area contributed by atoms with Crippen molar-refractivity contribution in [1.29, 1.82) is 0 Å². The van der Waals surface area contributed by atoms with Crippen molar-refractivity contribution in [2.45, 2.75) is 25.7 Å². The quantitative estimate of drug-likeness (QED) is 0.589. The molecule has 0 saturated carbocycles. The lowest BCUT2D eigenvalue weighted by Crippen LogP contribution is -2.18. The molecule has 0 aliphatic carbocycles. The zero-order valence-corrected chi connectivity index (χ0v) is 11.3. The number of rotatable bonds is 1. The van der Waals surface area contributed by atoms with E-state index in [1.807, 2.05) is 19.1 Å². The first-order valence-corrected chi connectivity index (χ1v) is 6.76. The van der Waals surface area contributed by atoms with Gasteiger partial charge in [0.15, 0.2) is 0 Å². The third-order valence-electron chi connectivity index (χ3n) is 3.56. The Bertz CT molecular complexity index is 481. The van der Waals surface area contributed by atoms with Gasteiger partial charge in [-0.15, -0.1) is 0 Å². The van der Waals surface area contributed by atoms with Crippen molar-refractivity contribution >= 4 is 27.6 Å². The molecule has 90 valence electrons. The van der Waals surface area contributed by atoms with E-state index < -0.39 is 0 Å². The van der Waals surface area contributed by atoms with E-state index in [-0.39, 0.29) is 11.9 Å². The van der Waals surface area contributed by atoms with Gasteiger partial charge in [-0.1, -0.05) is 0 Å². The average Bonchev–Trinajstić information content (AvgIpc) is 2.90. The van der Waals surface area contributed by atoms with E-state index in [0.717, 1.165) is 34.6 Å². The Balaban J connectivity index is 2.03. The van der Waals surface area contributed by atoms with Gasteiger partial charge in [-0.3, -0.25) is 4.79 Å². The molecule has 1 saturated heterocycles. The molecule has 2 aliphatic heterocycles. The largest absolute Gasteiger partial charge is 0.426 e. The summed E-state index contributed by atoms with van der Waals surface area (Å²) >= 11 is 3.60. The highest BCUT2D eigenvalue weighted by molar-refractivity contribution is 9.10. The molecule has 0 radical (unpaired) electrons. The highest BCUT2D eigenvalue weighted by atomic mass is 79.9. The minimum absolute atomic E-state index is 0.145. The topological polar surface area (TPSA) is 29.5 Å². The second-order valence-electron chi connectivity index (χ2n) is 4.68. The molecule has 0 amide bonds. The number of benzene rings is 1. The van der Waals surface area contributed by atoms with Crippen molar-refractivity contribution in [3.63, 3.8) is 0 Å². The Hall–Kier alpha value is -1.03. The number of carbonyl (C=O) groups is 1. The fourth-order valence-electron chi connectivity index (χ4n) is 2.51. The summed E-state index contributed by atoms with van der Waals surface area (Å²) in [6, 6.07) is 4.02. The number of nitrogens with zero attached hydrogens (tertiary/aromatic N) is 1. The number of ether oxygens (including phenoxy) is 1. The van der Waals surface area contributed by atoms with Crippen molar-refractivity contribution in [1.82, 2.24) is 0 Å². The summed E-state index contributed by atoms with van der Waals surface area (Å²) in [5.41, 5.74) is 2.13. The molecule has 1 atom stereocenters. The fraction of sp³-hybridized carbons (Fsp3) is 0.462. The molecular formula is C13H14BrNO2. The van der Waals surface area contributed by atoms with Crippen LogP contribution >= 0.6 is 15.9 Å². The van der Waals surface area contributed by atoms with Gasteiger partial charge >= 0.3 is 5.97 Å². The van der Waals surface area contributed by atoms with Crippen LogP contribution in [0.25, 0.3) is 0 Å². The maximum absolute atomic E-state index is 11.5. The molecule has 2 heterocycles. The van der Waals surface area contributed by atoms with Gasteiger partial charge in [-0.05, 0) is 41.8 Å². The first-order valence-electron chi connectivity index (χ1n) is 5.97. The van der Waals surface area contributed by atoms with Gasteiger partial charge in [0.2, 0.25) is 0 Å². The zero-order valence-electron chi connectivity index (χ0n) is 9.70. The second-order valence-corrected chi connectivity index (χ2v) is 5.53. The van der Waals surface area contributed by atoms with Crippen LogP contribution in [0.2, 0.25) is 0 Å². The molecule has 0 bridgehead atoms. The summed E-state index contributed by atoms with van der Waals surface area (Å²) in [5, 5.41) is 0. The van der Waals surface area contributed by atoms with E-state index in [1.165, 1.54) is 12.8 Å². The van der Waals surface area contributed by atoms with Gasteiger partial charge in [0.05, 0.1) is 11.6 Å². The van der Waals surface area contributed by atoms with Crippen LogP contribution < -0.4 is 9.64 Å². The molecule has 0 spiro atoms. The van der Waals surface area contributed by atoms with Crippen LogP contribution in [0.3, 0.4) is 0 Å². The summed E-state index contributed by atoms with van der Waals surface area (Å²) < 4.78 is 6.35. The van der Waals surface area contributed by atoms with Gasteiger partial charge in [0, 0.05) is 29.2 Å². The van der Waals surface area contributed by atoms with Crippen LogP contribution in [0, 0.1) is 0 Å². The smallest absolute Gasteiger partial charge is 0.318 e. The van der Waals surface area contributed by atoms with Gasteiger partial charge in [0.1, 0.15) is 5.75 Å². The SMILES string of the molecule is CC1C(=O)Oc2cc(N3CCCC3)c(Br)cc21. The number of fused-ring (bicyclic) bond motifs is 1. The van der Waals surface area contributed by atoms with Crippen LogP contribution in [-0.4, -0.2) is 19.1 Å². The first-order chi connectivity index (χ1) is 8.16. The van der Waals surface area contributed by atoms with Gasteiger partial charge in [-0.2, -0.15) is 0 Å². The number of hydrogen-bond donors (Lipinski definition) is 0. The lowest BCUT2D eigenvalue weighted by molar-refractivity contribution is -0.133. The van der Waals surface area contributed by atoms with Crippen LogP contribution in [-0.2, 0) is 4.79 Å². The Labute approximate surface area is 109 Å². The molecule has 17 heavy (non-hydrogen) atoms. The molecule has 4 heteroatoms. The van der Waals surface area contributed by atoms with E-state index in [2.05, 4.69) is 20.8 Å². The Morgan fingerprint density at radius 3 is 2.76 bits per heavy atom. The van der Waals surface area contributed by atoms with Gasteiger partial charge in [0.25, 0.3) is 0 Å². The van der Waals surface area contributed by atoms with Crippen molar-refractivity contribution in [2.75, 3.05) is 18.0 Å². The van der Waals surface area contributed by atoms with Crippen LogP contribution in [0.4, 0.5) is 5.69 Å². The Morgan fingerprint density at radius 1 is 1.35 bits per heavy atom. The van der Waals surface area contributed by atoms with Crippen LogP contribution in [0.5, 0.6) is 5.75 Å². The van der Waals surface area contributed by atoms with E-state index in [4.69, 9.17) is 4.74 Å². The highest BCUT2D eigenvalue weighted by Crippen LogP contribution is 2.42. The highest BCUT2D eigenvalue weighted by Gasteiger charge is 2.31. The van der Waals surface area contributed by atoms with Crippen molar-refractivity contribution in [3.05, 3.63) is 22.2 Å². The summed E-state index contributed by atoms with van der Waals surface area (Å²) in [6.45, 7) is 4.05. The molecule has 0 N–H and O–H groups in total. The predicted molar refractivity (Wildman–Crippen MR) is 69.6 cm³/mol. The number of carbonyl (C=O) groups excluding carboxylic acids is 1. The van der Waals surface area contributed by atoms with Crippen LogP contribution in [0.1, 0.15) is 31.2 Å². The van der Waals surface area contributed by atoms with Crippen molar-refractivity contribution in [3.8, 4) is 5.75 Å². The zero-order chi connectivity index (χ0) is 12.0. The molecule has 1 unspecified atom stereocenters. The van der Waals surface area contributed by atoms with E-state index in [9.17, 15) is 4.79 Å². The van der Waals surface area contributed by atoms with Crippen LogP contribution in [0.15, 0.2) is 16.6 Å². The monoisotopic (exact) mass is 295 g/mol. The summed E-state index contributed by atoms with van der Waals surface area (Å²) in [4.78, 5) is 13.9. The third kappa shape index (κ3) is 1.75. The fourth-order valence-corrected chi connectivity index (χ4v) is 3.12. The molecule has 0 aromatic heterocycles. The van der Waals surface area contributed by atoms with E-state index in [0.29, 0.717) is 0 Å². The molecule has 3 rings (SSSR count). The lowest BCUT2D eigenvalue weighted by atomic mass is 10.0. The summed E-state index contributed by atoms with van der Waals surface area (Å²) in [6.07, 6.45) is 2.47. The minimum atomic E-state index is -0.148. The Kier molecular flexibility index (Phi) is 2.62. The van der Waals surface area contributed by atoms with E-state index in [1.54, 1.807) is 0 Å². The van der Waals surface area contributed by atoms with Crippen molar-refractivity contribution in [2.24, 2.45) is 0 Å². The summed E-state index contributed by atoms with van der Waals surface area (Å²) in [5.74, 6) is 0.437. The second kappa shape index (κ2) is 4.02. The minimum Gasteiger partial charge on any atom is -0.426 e. The molecule has 1 fully saturated rings. The predicted octanol–water partition coefficient (Wildman–Crippen LogP) is 3.07. The van der Waals surface area contributed by atoms with Gasteiger partial charge < -0.3 is 9.64 Å². The lowest BCUT2D eigenvalue weighted by Gasteiger charge is -2.20. The number of hydrogen-bond acceptors (Lipinski definition) is 3. The maximum Gasteiger partial charge on any atom is 0.318 e. The normalized spacial score (nSPS) is 22.8. The molecule has 1 aromatic carbocycles. The van der Waals surface area contributed by atoms with Crippen molar-refractivity contribution < 1.29 is 9.53 Å². The summed E-state index contributed by atoms with van der Waals surface area (Å²) in [7, 11) is 0. The molecule has 1 aromatic rings. The molecule has 3 nitrogen and oxygen atoms in total. The molecule has 2 aliphatic rings. The Morgan fingerprint density at radius 2 is 2.06 bits per heavy atom. The number of esters is 1. The number of halogens is 1. The van der Waals surface area contributed by atoms with Gasteiger partial charge in [-0.25, -0.2) is 0 Å². The third-order valence-corrected chi connectivity index (χ3v) is 4.19. The standard InChI is InChI=1S/C13H14BrNO2/c1-8-9-6-10(14)11(15-4-2-3-5-15)7-12(9)17-13(8)16/h6-8H,2-5H2,1H3. The average molecular weight is 296 g/mol.